The van der Waals surface area contributed by atoms with Crippen molar-refractivity contribution in [2.75, 3.05) is 22.9 Å². The summed E-state index contributed by atoms with van der Waals surface area (Å²) in [7, 11) is 0. The van der Waals surface area contributed by atoms with Gasteiger partial charge in [-0.25, -0.2) is 0 Å². The minimum Gasteiger partial charge on any atom is -0.508 e. The van der Waals surface area contributed by atoms with Crippen LogP contribution in [0.25, 0.3) is 22.4 Å². The Bertz CT molecular complexity index is 1500. The van der Waals surface area contributed by atoms with Crippen molar-refractivity contribution < 1.29 is 20.1 Å². The number of anilines is 2. The van der Waals surface area contributed by atoms with Crippen molar-refractivity contribution >= 4 is 11.4 Å². The summed E-state index contributed by atoms with van der Waals surface area (Å²) in [6.45, 7) is 6.29. The van der Waals surface area contributed by atoms with Crippen molar-refractivity contribution in [1.29, 1.82) is 0 Å². The first-order valence-electron chi connectivity index (χ1n) is 14.9. The molecule has 0 spiro atoms. The molecule has 3 heterocycles. The average molecular weight is 765 g/mol. The summed E-state index contributed by atoms with van der Waals surface area (Å²) in [5.41, 5.74) is 6.50. The van der Waals surface area contributed by atoms with Crippen LogP contribution in [0.2, 0.25) is 0 Å². The van der Waals surface area contributed by atoms with Gasteiger partial charge >= 0.3 is 0 Å². The summed E-state index contributed by atoms with van der Waals surface area (Å²) in [6.07, 6.45) is 12.5. The number of nitrogens with zero attached hydrogens (tertiary/aromatic N) is 5. The summed E-state index contributed by atoms with van der Waals surface area (Å²) < 4.78 is 0. The molecule has 7 rings (SSSR count). The van der Waals surface area contributed by atoms with Crippen LogP contribution in [0.1, 0.15) is 12.8 Å². The molecule has 0 fully saturated rings. The van der Waals surface area contributed by atoms with Gasteiger partial charge in [0.2, 0.25) is 0 Å². The monoisotopic (exact) mass is 765 g/mol. The first kappa shape index (κ1) is 31.8. The smallest absolute Gasteiger partial charge is 0.0160 e. The number of aromatic nitrogens is 1. The van der Waals surface area contributed by atoms with Gasteiger partial charge < -0.3 is 24.6 Å². The van der Waals surface area contributed by atoms with E-state index in [1.165, 1.54) is 5.56 Å². The predicted molar refractivity (Wildman–Crippen MR) is 179 cm³/mol. The molecule has 0 aliphatic carbocycles. The van der Waals surface area contributed by atoms with Gasteiger partial charge in [-0.3, -0.25) is 0 Å². The number of hydrogen-bond acceptors (Lipinski definition) is 5. The normalized spacial score (nSPS) is 13.4. The quantitative estimate of drug-likeness (QED) is 0.111. The number of pyridine rings is 1. The molecule has 0 saturated carbocycles. The van der Waals surface area contributed by atoms with Gasteiger partial charge in [0.05, 0.1) is 0 Å². The van der Waals surface area contributed by atoms with E-state index in [-0.39, 0.29) is 20.1 Å². The SMILES string of the molecule is [Ir].[c-]1cccc(-c2ccccc2)c1-c1ccccn1.[c-]1ccccc1N1C=CN(CCCCN2C=CN(c3[c-]cccc3)[CH-]2)[CH-]1. The maximum absolute atomic E-state index is 4.40. The predicted octanol–water partition coefficient (Wildman–Crippen LogP) is 8.41. The summed E-state index contributed by atoms with van der Waals surface area (Å²) in [5, 5.41) is 0. The van der Waals surface area contributed by atoms with Crippen LogP contribution in [-0.2, 0) is 20.1 Å². The van der Waals surface area contributed by atoms with Crippen LogP contribution in [0, 0.1) is 31.5 Å². The second kappa shape index (κ2) is 16.4. The molecule has 5 aromatic rings. The van der Waals surface area contributed by atoms with Gasteiger partial charge in [-0.2, -0.15) is 74.0 Å². The van der Waals surface area contributed by atoms with E-state index in [4.69, 9.17) is 0 Å². The topological polar surface area (TPSA) is 25.9 Å². The fraction of sp³-hybridized carbons (Fsp3) is 0.103. The Hall–Kier alpha value is -4.64. The minimum atomic E-state index is 0. The van der Waals surface area contributed by atoms with Crippen LogP contribution < -0.4 is 9.80 Å². The first-order valence-corrected chi connectivity index (χ1v) is 14.9. The van der Waals surface area contributed by atoms with Crippen LogP contribution in [-0.4, -0.2) is 27.9 Å². The van der Waals surface area contributed by atoms with E-state index in [0.717, 1.165) is 54.1 Å². The summed E-state index contributed by atoms with van der Waals surface area (Å²) in [6, 6.07) is 48.1. The maximum Gasteiger partial charge on any atom is 0.0160 e. The Labute approximate surface area is 281 Å². The second-order valence-corrected chi connectivity index (χ2v) is 10.4. The zero-order valence-electron chi connectivity index (χ0n) is 24.9. The van der Waals surface area contributed by atoms with E-state index >= 15 is 0 Å². The van der Waals surface area contributed by atoms with Crippen molar-refractivity contribution in [3.8, 4) is 22.4 Å². The van der Waals surface area contributed by atoms with Gasteiger partial charge in [0.25, 0.3) is 0 Å². The molecule has 45 heavy (non-hydrogen) atoms. The van der Waals surface area contributed by atoms with Gasteiger partial charge in [0.15, 0.2) is 0 Å². The molecule has 4 aromatic carbocycles. The van der Waals surface area contributed by atoms with Gasteiger partial charge in [0.1, 0.15) is 0 Å². The summed E-state index contributed by atoms with van der Waals surface area (Å²) >= 11 is 0. The Morgan fingerprint density at radius 2 is 1.13 bits per heavy atom. The molecule has 0 bridgehead atoms. The van der Waals surface area contributed by atoms with Crippen LogP contribution in [0.3, 0.4) is 0 Å². The average Bonchev–Trinajstić information content (AvgIpc) is 3.79. The van der Waals surface area contributed by atoms with E-state index in [9.17, 15) is 0 Å². The summed E-state index contributed by atoms with van der Waals surface area (Å²) in [4.78, 5) is 13.1. The number of hydrogen-bond donors (Lipinski definition) is 0. The van der Waals surface area contributed by atoms with E-state index < -0.39 is 0 Å². The third-order valence-corrected chi connectivity index (χ3v) is 7.27. The Morgan fingerprint density at radius 1 is 0.556 bits per heavy atom. The van der Waals surface area contributed by atoms with E-state index in [2.05, 4.69) is 111 Å². The second-order valence-electron chi connectivity index (χ2n) is 10.4. The molecule has 2 aliphatic rings. The first-order chi connectivity index (χ1) is 21.8. The molecule has 0 saturated heterocycles. The third-order valence-electron chi connectivity index (χ3n) is 7.27. The Morgan fingerprint density at radius 3 is 1.69 bits per heavy atom. The number of rotatable bonds is 9. The van der Waals surface area contributed by atoms with Crippen LogP contribution in [0.4, 0.5) is 11.4 Å². The van der Waals surface area contributed by atoms with Gasteiger partial charge in [0, 0.05) is 26.3 Å². The molecule has 0 unspecified atom stereocenters. The van der Waals surface area contributed by atoms with Crippen molar-refractivity contribution in [2.24, 2.45) is 0 Å². The van der Waals surface area contributed by atoms with Gasteiger partial charge in [-0.1, -0.05) is 53.6 Å². The molecule has 2 aliphatic heterocycles. The maximum atomic E-state index is 4.40. The minimum absolute atomic E-state index is 0. The van der Waals surface area contributed by atoms with Crippen molar-refractivity contribution in [2.45, 2.75) is 12.8 Å². The van der Waals surface area contributed by atoms with Gasteiger partial charge in [-0.15, -0.1) is 41.2 Å². The van der Waals surface area contributed by atoms with Crippen LogP contribution in [0.15, 0.2) is 146 Å². The molecular formula is C39H34IrN5-5. The van der Waals surface area contributed by atoms with Crippen molar-refractivity contribution in [1.82, 2.24) is 14.8 Å². The third kappa shape index (κ3) is 8.72. The van der Waals surface area contributed by atoms with E-state index in [0.29, 0.717) is 0 Å². The standard InChI is InChI=1S/C22H22N4.C17H12N.Ir/c1-3-9-21(10-4-1)25-17-15-23(19-25)13-7-8-14-24-16-18-26(20-24)22-11-5-2-6-12-22;1-2-8-14(9-3-1)15-10-4-5-11-16(15)17-12-6-7-13-18-17;/h1-6,9,11,15-20H,7-8,13-14H2;1-10,12-13H;/q-4;-1;. The molecule has 0 N–H and O–H groups in total. The molecule has 0 amide bonds. The summed E-state index contributed by atoms with van der Waals surface area (Å²) in [5.74, 6) is 0. The van der Waals surface area contributed by atoms with Crippen LogP contribution in [0.5, 0.6) is 0 Å². The fourth-order valence-corrected chi connectivity index (χ4v) is 5.03. The Balaban J connectivity index is 0.000000185. The fourth-order valence-electron chi connectivity index (χ4n) is 5.03. The van der Waals surface area contributed by atoms with Gasteiger partial charge in [-0.05, 0) is 62.5 Å². The molecule has 6 heteroatoms. The number of unbranched alkanes of at least 4 members (excludes halogenated alkanes) is 1. The molecule has 5 nitrogen and oxygen atoms in total. The number of benzene rings is 4. The Kier molecular flexibility index (Phi) is 11.6. The van der Waals surface area contributed by atoms with Crippen LogP contribution >= 0.6 is 0 Å². The van der Waals surface area contributed by atoms with E-state index in [1.54, 1.807) is 0 Å². The largest absolute Gasteiger partial charge is 0.508 e. The molecule has 1 aromatic heterocycles. The molecule has 1 radical (unpaired) electrons. The molecule has 229 valence electrons. The molecular weight excluding hydrogens is 731 g/mol. The molecule has 0 atom stereocenters. The van der Waals surface area contributed by atoms with E-state index in [1.807, 2.05) is 91.1 Å². The zero-order valence-corrected chi connectivity index (χ0v) is 27.3. The zero-order chi connectivity index (χ0) is 29.8. The van der Waals surface area contributed by atoms with Crippen molar-refractivity contribution in [3.63, 3.8) is 0 Å². The van der Waals surface area contributed by atoms with Crippen molar-refractivity contribution in [3.05, 3.63) is 178 Å². The number of para-hydroxylation sites is 2.